The lowest BCUT2D eigenvalue weighted by Gasteiger charge is -2.25. The number of rotatable bonds is 5. The third-order valence-electron chi connectivity index (χ3n) is 6.04. The number of hydrogen-bond donors (Lipinski definition) is 2. The minimum absolute atomic E-state index is 0. The zero-order chi connectivity index (χ0) is 22.2. The van der Waals surface area contributed by atoms with Crippen molar-refractivity contribution in [2.24, 2.45) is 0 Å². The number of H-pyrrole nitrogens is 1. The van der Waals surface area contributed by atoms with Crippen LogP contribution in [0.1, 0.15) is 29.3 Å². The Morgan fingerprint density at radius 2 is 1.85 bits per heavy atom. The van der Waals surface area contributed by atoms with Crippen LogP contribution in [0.15, 0.2) is 30.5 Å². The summed E-state index contributed by atoms with van der Waals surface area (Å²) in [7, 11) is 0. The predicted molar refractivity (Wildman–Crippen MR) is 124 cm³/mol. The molecule has 4 heterocycles. The summed E-state index contributed by atoms with van der Waals surface area (Å²) in [5.74, 6) is -0.536. The van der Waals surface area contributed by atoms with Crippen LogP contribution in [0.3, 0.4) is 0 Å². The fourth-order valence-corrected chi connectivity index (χ4v) is 4.30. The van der Waals surface area contributed by atoms with E-state index >= 15 is 0 Å². The van der Waals surface area contributed by atoms with Crippen molar-refractivity contribution in [3.05, 3.63) is 52.8 Å². The summed E-state index contributed by atoms with van der Waals surface area (Å²) in [5, 5.41) is 2.90. The highest BCUT2D eigenvalue weighted by molar-refractivity contribution is 6.36. The summed E-state index contributed by atoms with van der Waals surface area (Å²) in [5.41, 5.74) is 5.67. The largest absolute Gasteiger partial charge is 0.439 e. The molecule has 174 valence electrons. The average Bonchev–Trinajstić information content (AvgIpc) is 3.47. The summed E-state index contributed by atoms with van der Waals surface area (Å²) in [6.07, 6.45) is 1.33. The van der Waals surface area contributed by atoms with Crippen LogP contribution in [0.4, 0.5) is 10.5 Å². The number of aromatic nitrogens is 1. The number of carbonyl (C=O) groups excluding carboxylic acids is 3. The zero-order valence-corrected chi connectivity index (χ0v) is 19.0. The molecule has 3 amide bonds. The number of halogens is 1. The van der Waals surface area contributed by atoms with Gasteiger partial charge in [0.15, 0.2) is 6.61 Å². The van der Waals surface area contributed by atoms with Crippen molar-refractivity contribution in [3.8, 4) is 0 Å². The van der Waals surface area contributed by atoms with Crippen molar-refractivity contribution < 1.29 is 23.9 Å². The van der Waals surface area contributed by atoms with Gasteiger partial charge in [-0.2, -0.15) is 0 Å². The molecular formula is C23H25ClN4O5. The Labute approximate surface area is 197 Å². The molecule has 0 radical (unpaired) electrons. The number of cyclic esters (lactones) is 1. The topological polar surface area (TPSA) is 104 Å². The maximum atomic E-state index is 12.8. The fraction of sp³-hybridized carbons (Fsp3) is 0.348. The molecule has 3 aliphatic rings. The van der Waals surface area contributed by atoms with E-state index in [9.17, 15) is 14.4 Å². The first-order chi connectivity index (χ1) is 15.5. The SMILES string of the molecule is CC(=C1C(=O)Nc2ccc(CN3C(=O)COC3=O)cc21)c1cc(CN2CCOCC2)c[nH]1.Cl. The van der Waals surface area contributed by atoms with Gasteiger partial charge in [0.05, 0.1) is 25.3 Å². The molecule has 2 fully saturated rings. The number of imide groups is 1. The molecule has 10 heteroatoms. The highest BCUT2D eigenvalue weighted by Gasteiger charge is 2.32. The number of allylic oxidation sites excluding steroid dienone is 1. The number of amides is 3. The first-order valence-corrected chi connectivity index (χ1v) is 10.6. The van der Waals surface area contributed by atoms with Crippen LogP contribution in [0, 0.1) is 0 Å². The maximum Gasteiger partial charge on any atom is 0.417 e. The van der Waals surface area contributed by atoms with Crippen molar-refractivity contribution >= 4 is 47.1 Å². The number of nitrogens with one attached hydrogen (secondary N) is 2. The van der Waals surface area contributed by atoms with Crippen molar-refractivity contribution in [1.82, 2.24) is 14.8 Å². The van der Waals surface area contributed by atoms with E-state index in [1.165, 1.54) is 0 Å². The molecule has 0 spiro atoms. The number of hydrogen-bond acceptors (Lipinski definition) is 6. The number of benzene rings is 1. The normalized spacial score (nSPS) is 19.8. The van der Waals surface area contributed by atoms with Crippen LogP contribution in [0.25, 0.3) is 11.1 Å². The van der Waals surface area contributed by atoms with E-state index in [4.69, 9.17) is 9.47 Å². The van der Waals surface area contributed by atoms with Gasteiger partial charge in [-0.05, 0) is 41.8 Å². The summed E-state index contributed by atoms with van der Waals surface area (Å²) in [6, 6.07) is 7.52. The molecule has 2 saturated heterocycles. The third-order valence-corrected chi connectivity index (χ3v) is 6.04. The summed E-state index contributed by atoms with van der Waals surface area (Å²) in [4.78, 5) is 43.1. The molecule has 5 rings (SSSR count). The average molecular weight is 473 g/mol. The second-order valence-corrected chi connectivity index (χ2v) is 8.18. The van der Waals surface area contributed by atoms with E-state index in [1.807, 2.05) is 19.2 Å². The quantitative estimate of drug-likeness (QED) is 0.648. The molecule has 0 atom stereocenters. The zero-order valence-electron chi connectivity index (χ0n) is 18.2. The lowest BCUT2D eigenvalue weighted by molar-refractivity contribution is -0.126. The van der Waals surface area contributed by atoms with Crippen molar-refractivity contribution in [1.29, 1.82) is 0 Å². The summed E-state index contributed by atoms with van der Waals surface area (Å²) >= 11 is 0. The third kappa shape index (κ3) is 4.52. The predicted octanol–water partition coefficient (Wildman–Crippen LogP) is 2.63. The van der Waals surface area contributed by atoms with E-state index in [0.29, 0.717) is 11.3 Å². The molecule has 2 N–H and O–H groups in total. The maximum absolute atomic E-state index is 12.8. The minimum Gasteiger partial charge on any atom is -0.439 e. The Morgan fingerprint density at radius 3 is 2.58 bits per heavy atom. The van der Waals surface area contributed by atoms with Crippen LogP contribution < -0.4 is 5.32 Å². The number of fused-ring (bicyclic) bond motifs is 1. The van der Waals surface area contributed by atoms with E-state index in [-0.39, 0.29) is 37.4 Å². The van der Waals surface area contributed by atoms with Gasteiger partial charge in [-0.1, -0.05) is 6.07 Å². The smallest absolute Gasteiger partial charge is 0.417 e. The number of morpholine rings is 1. The van der Waals surface area contributed by atoms with Crippen LogP contribution in [0.2, 0.25) is 0 Å². The molecule has 33 heavy (non-hydrogen) atoms. The number of aromatic amines is 1. The Balaban J connectivity index is 0.00000259. The highest BCUT2D eigenvalue weighted by atomic mass is 35.5. The van der Waals surface area contributed by atoms with Gasteiger partial charge < -0.3 is 19.8 Å². The van der Waals surface area contributed by atoms with Gasteiger partial charge in [0, 0.05) is 42.8 Å². The molecule has 2 aromatic rings. The second-order valence-electron chi connectivity index (χ2n) is 8.18. The number of ether oxygens (including phenoxy) is 2. The van der Waals surface area contributed by atoms with Gasteiger partial charge in [-0.25, -0.2) is 9.69 Å². The Bertz CT molecular complexity index is 1120. The van der Waals surface area contributed by atoms with Crippen LogP contribution in [0.5, 0.6) is 0 Å². The molecule has 0 saturated carbocycles. The molecule has 3 aliphatic heterocycles. The summed E-state index contributed by atoms with van der Waals surface area (Å²) < 4.78 is 10.2. The molecule has 1 aromatic carbocycles. The van der Waals surface area contributed by atoms with Gasteiger partial charge in [0.2, 0.25) is 0 Å². The van der Waals surface area contributed by atoms with Gasteiger partial charge in [0.1, 0.15) is 0 Å². The van der Waals surface area contributed by atoms with Gasteiger partial charge in [0.25, 0.3) is 11.8 Å². The number of anilines is 1. The Kier molecular flexibility index (Phi) is 6.55. The standard InChI is InChI=1S/C23H24N4O5.ClH/c1-14(19-9-16(10-24-19)11-26-4-6-31-7-5-26)21-17-8-15(2-3-18(17)25-22(21)29)12-27-20(28)13-32-23(27)30;/h2-3,8-10,24H,4-7,11-13H2,1H3,(H,25,29);1H. The van der Waals surface area contributed by atoms with Crippen LogP contribution in [-0.4, -0.2) is 65.6 Å². The summed E-state index contributed by atoms with van der Waals surface area (Å²) in [6.45, 7) is 5.95. The fourth-order valence-electron chi connectivity index (χ4n) is 4.30. The lowest BCUT2D eigenvalue weighted by atomic mass is 9.98. The van der Waals surface area contributed by atoms with Crippen molar-refractivity contribution in [3.63, 3.8) is 0 Å². The minimum atomic E-state index is -0.643. The monoisotopic (exact) mass is 472 g/mol. The van der Waals surface area contributed by atoms with Crippen LogP contribution >= 0.6 is 12.4 Å². The Hall–Kier alpha value is -3.14. The van der Waals surface area contributed by atoms with Crippen LogP contribution in [-0.2, 0) is 32.2 Å². The molecule has 0 aliphatic carbocycles. The molecule has 0 unspecified atom stereocenters. The van der Waals surface area contributed by atoms with E-state index < -0.39 is 6.09 Å². The molecule has 9 nitrogen and oxygen atoms in total. The first kappa shape index (κ1) is 23.0. The molecule has 0 bridgehead atoms. The molecular weight excluding hydrogens is 448 g/mol. The molecule has 1 aromatic heterocycles. The number of carbonyl (C=O) groups is 3. The van der Waals surface area contributed by atoms with Gasteiger partial charge in [-0.15, -0.1) is 12.4 Å². The first-order valence-electron chi connectivity index (χ1n) is 10.6. The van der Waals surface area contributed by atoms with E-state index in [2.05, 4.69) is 21.3 Å². The van der Waals surface area contributed by atoms with Crippen molar-refractivity contribution in [2.45, 2.75) is 20.0 Å². The van der Waals surface area contributed by atoms with Gasteiger partial charge in [-0.3, -0.25) is 14.5 Å². The number of nitrogens with zero attached hydrogens (tertiary/aromatic N) is 2. The van der Waals surface area contributed by atoms with E-state index in [0.717, 1.165) is 65.7 Å². The lowest BCUT2D eigenvalue weighted by Crippen LogP contribution is -2.35. The Morgan fingerprint density at radius 1 is 1.06 bits per heavy atom. The highest BCUT2D eigenvalue weighted by Crippen LogP contribution is 2.37. The van der Waals surface area contributed by atoms with Gasteiger partial charge >= 0.3 is 6.09 Å². The van der Waals surface area contributed by atoms with Crippen molar-refractivity contribution in [2.75, 3.05) is 38.2 Å². The van der Waals surface area contributed by atoms with E-state index in [1.54, 1.807) is 12.1 Å². The second kappa shape index (κ2) is 9.38.